The van der Waals surface area contributed by atoms with Gasteiger partial charge in [0.15, 0.2) is 22.0 Å². The highest BCUT2D eigenvalue weighted by molar-refractivity contribution is 7.99. The molecule has 1 amide bonds. The van der Waals surface area contributed by atoms with Crippen LogP contribution in [0.15, 0.2) is 80.0 Å². The number of benzene rings is 2. The largest absolute Gasteiger partial charge is 0.492 e. The van der Waals surface area contributed by atoms with Gasteiger partial charge in [0.25, 0.3) is 0 Å². The van der Waals surface area contributed by atoms with Crippen LogP contribution in [-0.2, 0) is 0 Å². The van der Waals surface area contributed by atoms with Crippen molar-refractivity contribution in [1.29, 1.82) is 0 Å². The van der Waals surface area contributed by atoms with E-state index in [1.807, 2.05) is 13.8 Å². The lowest BCUT2D eigenvalue weighted by Crippen LogP contribution is -2.30. The number of carbonyl (C=O) groups excluding carboxylic acids is 1. The zero-order chi connectivity index (χ0) is 26.5. The number of ether oxygens (including phenoxy) is 4. The number of aromatic nitrogens is 1. The molecule has 0 N–H and O–H groups in total. The fraction of sp³-hybridized carbons (Fsp3) is 0.222. The van der Waals surface area contributed by atoms with Crippen molar-refractivity contribution in [1.82, 2.24) is 4.98 Å². The van der Waals surface area contributed by atoms with Crippen molar-refractivity contribution < 1.29 is 28.2 Å². The fourth-order valence-corrected chi connectivity index (χ4v) is 4.31. The number of hydrogen-bond acceptors (Lipinski definition) is 9. The average Bonchev–Trinajstić information content (AvgIpc) is 2.88. The molecule has 2 heterocycles. The Hall–Kier alpha value is -4.18. The summed E-state index contributed by atoms with van der Waals surface area (Å²) in [4.78, 5) is 31.7. The van der Waals surface area contributed by atoms with Gasteiger partial charge in [-0.3, -0.25) is 9.69 Å². The highest BCUT2D eigenvalue weighted by Gasteiger charge is 2.22. The molecule has 9 nitrogen and oxygen atoms in total. The van der Waals surface area contributed by atoms with Gasteiger partial charge in [-0.1, -0.05) is 17.8 Å². The van der Waals surface area contributed by atoms with Gasteiger partial charge in [0, 0.05) is 30.3 Å². The predicted molar refractivity (Wildman–Crippen MR) is 141 cm³/mol. The zero-order valence-corrected chi connectivity index (χ0v) is 21.8. The van der Waals surface area contributed by atoms with Crippen LogP contribution in [0.4, 0.5) is 10.6 Å². The molecule has 2 aromatic carbocycles. The number of anilines is 1. The van der Waals surface area contributed by atoms with E-state index in [0.29, 0.717) is 33.7 Å². The molecule has 0 unspecified atom stereocenters. The summed E-state index contributed by atoms with van der Waals surface area (Å²) in [7, 11) is 4.53. The number of hydrogen-bond donors (Lipinski definition) is 0. The summed E-state index contributed by atoms with van der Waals surface area (Å²) in [5.41, 5.74) is 0.0320. The third-order valence-corrected chi connectivity index (χ3v) is 6.07. The van der Waals surface area contributed by atoms with E-state index in [4.69, 9.17) is 23.4 Å². The summed E-state index contributed by atoms with van der Waals surface area (Å²) < 4.78 is 28.3. The van der Waals surface area contributed by atoms with Gasteiger partial charge in [-0.25, -0.2) is 9.78 Å². The minimum Gasteiger partial charge on any atom is -0.492 e. The summed E-state index contributed by atoms with van der Waals surface area (Å²) in [6, 6.07) is 15.1. The van der Waals surface area contributed by atoms with Gasteiger partial charge in [0.1, 0.15) is 22.5 Å². The molecule has 0 atom stereocenters. The summed E-state index contributed by atoms with van der Waals surface area (Å²) >= 11 is 1.25. The third kappa shape index (κ3) is 5.80. The van der Waals surface area contributed by atoms with Crippen LogP contribution in [0.2, 0.25) is 0 Å². The van der Waals surface area contributed by atoms with Crippen molar-refractivity contribution >= 4 is 34.6 Å². The highest BCUT2D eigenvalue weighted by Crippen LogP contribution is 2.43. The maximum absolute atomic E-state index is 13.0. The lowest BCUT2D eigenvalue weighted by Gasteiger charge is -2.17. The Kier molecular flexibility index (Phi) is 7.88. The van der Waals surface area contributed by atoms with Crippen molar-refractivity contribution in [3.05, 3.63) is 71.0 Å². The second kappa shape index (κ2) is 11.3. The maximum Gasteiger partial charge on any atom is 0.420 e. The summed E-state index contributed by atoms with van der Waals surface area (Å²) in [6.45, 7) is 3.77. The first-order chi connectivity index (χ1) is 17.8. The first-order valence-corrected chi connectivity index (χ1v) is 12.2. The van der Waals surface area contributed by atoms with Gasteiger partial charge >= 0.3 is 6.09 Å². The van der Waals surface area contributed by atoms with Gasteiger partial charge in [-0.15, -0.1) is 0 Å². The molecular formula is C27H26N2O7S. The molecular weight excluding hydrogens is 496 g/mol. The predicted octanol–water partition coefficient (Wildman–Crippen LogP) is 5.78. The molecule has 0 aliphatic rings. The van der Waals surface area contributed by atoms with Crippen LogP contribution in [0.25, 0.3) is 11.0 Å². The number of amides is 1. The van der Waals surface area contributed by atoms with E-state index in [0.717, 1.165) is 4.90 Å². The van der Waals surface area contributed by atoms with Crippen LogP contribution < -0.4 is 29.3 Å². The molecule has 0 spiro atoms. The topological polar surface area (TPSA) is 100 Å². The van der Waals surface area contributed by atoms with Crippen molar-refractivity contribution in [2.75, 3.05) is 26.2 Å². The van der Waals surface area contributed by atoms with E-state index in [2.05, 4.69) is 4.98 Å². The Labute approximate surface area is 217 Å². The lowest BCUT2D eigenvalue weighted by atomic mass is 10.1. The standard InChI is InChI=1S/C27H26N2O7S/c1-16(2)34-21-15-20-24(26(33-5)25(21)32-4)19(30)14-23(36-20)37-18-11-9-17(10-12-18)35-27(31)29(3)22-8-6-7-13-28-22/h6-16H,1-5H3. The second-order valence-corrected chi connectivity index (χ2v) is 9.18. The molecule has 4 aromatic rings. The second-order valence-electron chi connectivity index (χ2n) is 8.10. The first-order valence-electron chi connectivity index (χ1n) is 11.3. The summed E-state index contributed by atoms with van der Waals surface area (Å²) in [6.07, 6.45) is 0.904. The van der Waals surface area contributed by atoms with E-state index in [-0.39, 0.29) is 22.7 Å². The van der Waals surface area contributed by atoms with Crippen LogP contribution in [0.5, 0.6) is 23.0 Å². The van der Waals surface area contributed by atoms with Crippen LogP contribution in [0.1, 0.15) is 13.8 Å². The Morgan fingerprint density at radius 3 is 2.38 bits per heavy atom. The number of rotatable bonds is 8. The van der Waals surface area contributed by atoms with E-state index in [1.54, 1.807) is 61.8 Å². The van der Waals surface area contributed by atoms with Crippen molar-refractivity contribution in [2.45, 2.75) is 29.9 Å². The van der Waals surface area contributed by atoms with Crippen LogP contribution in [0.3, 0.4) is 0 Å². The molecule has 0 aliphatic carbocycles. The Balaban J connectivity index is 1.56. The van der Waals surface area contributed by atoms with E-state index in [9.17, 15) is 9.59 Å². The molecule has 0 radical (unpaired) electrons. The van der Waals surface area contributed by atoms with Crippen molar-refractivity contribution in [3.8, 4) is 23.0 Å². The smallest absolute Gasteiger partial charge is 0.420 e. The molecule has 37 heavy (non-hydrogen) atoms. The number of nitrogens with zero attached hydrogens (tertiary/aromatic N) is 2. The van der Waals surface area contributed by atoms with Crippen molar-refractivity contribution in [3.63, 3.8) is 0 Å². The minimum atomic E-state index is -0.566. The maximum atomic E-state index is 13.0. The molecule has 0 fully saturated rings. The van der Waals surface area contributed by atoms with Gasteiger partial charge in [0.2, 0.25) is 5.75 Å². The van der Waals surface area contributed by atoms with Gasteiger partial charge in [-0.2, -0.15) is 0 Å². The van der Waals surface area contributed by atoms with Gasteiger partial charge < -0.3 is 23.4 Å². The quantitative estimate of drug-likeness (QED) is 0.285. The molecule has 192 valence electrons. The molecule has 4 rings (SSSR count). The van der Waals surface area contributed by atoms with Crippen LogP contribution >= 0.6 is 11.8 Å². The first kappa shape index (κ1) is 25.9. The molecule has 0 saturated heterocycles. The molecule has 0 saturated carbocycles. The SMILES string of the molecule is COc1c(OC(C)C)cc2oc(Sc3ccc(OC(=O)N(C)c4ccccn4)cc3)cc(=O)c2c1OC. The number of fused-ring (bicyclic) bond motifs is 1. The van der Waals surface area contributed by atoms with Crippen molar-refractivity contribution in [2.24, 2.45) is 0 Å². The Morgan fingerprint density at radius 1 is 1.03 bits per heavy atom. The average molecular weight is 523 g/mol. The number of carbonyl (C=O) groups is 1. The van der Waals surface area contributed by atoms with Crippen LogP contribution in [-0.4, -0.2) is 38.4 Å². The summed E-state index contributed by atoms with van der Waals surface area (Å²) in [5.74, 6) is 1.83. The van der Waals surface area contributed by atoms with Crippen LogP contribution in [0, 0.1) is 0 Å². The summed E-state index contributed by atoms with van der Waals surface area (Å²) in [5, 5.41) is 0.638. The zero-order valence-electron chi connectivity index (χ0n) is 21.0. The number of methoxy groups -OCH3 is 2. The normalized spacial score (nSPS) is 10.9. The lowest BCUT2D eigenvalue weighted by molar-refractivity contribution is 0.209. The Morgan fingerprint density at radius 2 is 1.76 bits per heavy atom. The fourth-order valence-electron chi connectivity index (χ4n) is 3.51. The molecule has 2 aromatic heterocycles. The highest BCUT2D eigenvalue weighted by atomic mass is 32.2. The monoisotopic (exact) mass is 522 g/mol. The van der Waals surface area contributed by atoms with Gasteiger partial charge in [-0.05, 0) is 50.2 Å². The molecule has 0 bridgehead atoms. The van der Waals surface area contributed by atoms with E-state index in [1.165, 1.54) is 36.9 Å². The third-order valence-electron chi connectivity index (χ3n) is 5.16. The van der Waals surface area contributed by atoms with E-state index >= 15 is 0 Å². The molecule has 10 heteroatoms. The minimum absolute atomic E-state index is 0.128. The molecule has 0 aliphatic heterocycles. The van der Waals surface area contributed by atoms with E-state index < -0.39 is 6.09 Å². The van der Waals surface area contributed by atoms with Gasteiger partial charge in [0.05, 0.1) is 20.3 Å². The Bertz CT molecular complexity index is 1450. The number of pyridine rings is 1.